The maximum absolute atomic E-state index is 12.6. The number of carbonyl (C=O) groups excluding carboxylic acids is 1. The minimum atomic E-state index is -0.531. The van der Waals surface area contributed by atoms with E-state index in [1.54, 1.807) is 60.9 Å². The van der Waals surface area contributed by atoms with E-state index >= 15 is 0 Å². The zero-order valence-corrected chi connectivity index (χ0v) is 18.3. The van der Waals surface area contributed by atoms with Crippen molar-refractivity contribution < 1.29 is 4.79 Å². The number of hydrogen-bond donors (Lipinski definition) is 3. The molecule has 0 saturated heterocycles. The van der Waals surface area contributed by atoms with Gasteiger partial charge in [-0.1, -0.05) is 42.5 Å². The molecule has 168 valence electrons. The maximum atomic E-state index is 12.6. The summed E-state index contributed by atoms with van der Waals surface area (Å²) in [6.07, 6.45) is 3.12. The van der Waals surface area contributed by atoms with Crippen molar-refractivity contribution in [3.8, 4) is 23.4 Å². The molecule has 0 aliphatic rings. The van der Waals surface area contributed by atoms with Crippen LogP contribution in [0.4, 0.5) is 22.0 Å². The number of amides is 2. The number of pyridine rings is 1. The Morgan fingerprint density at radius 1 is 0.714 bits per heavy atom. The number of allylic oxidation sites excluding steroid dienone is 1. The second-order valence-corrected chi connectivity index (χ2v) is 7.13. The summed E-state index contributed by atoms with van der Waals surface area (Å²) >= 11 is 0. The first kappa shape index (κ1) is 22.6. The number of nitriles is 2. The fourth-order valence-corrected chi connectivity index (χ4v) is 3.20. The topological polar surface area (TPSA) is 139 Å². The molecule has 0 aliphatic heterocycles. The van der Waals surface area contributed by atoms with E-state index in [-0.39, 0.29) is 11.4 Å². The molecule has 0 bridgehead atoms. The van der Waals surface area contributed by atoms with Crippen LogP contribution in [0.25, 0.3) is 17.0 Å². The molecule has 2 amide bonds. The number of aromatic nitrogens is 3. The SMILES string of the molecule is N#CC(C#N)=C(Nc1ccccc1NC(=O)Nc1ccc(-c2ccccc2)nn1)c1ccncc1. The lowest BCUT2D eigenvalue weighted by Gasteiger charge is -2.16. The van der Waals surface area contributed by atoms with E-state index in [1.807, 2.05) is 42.5 Å². The second-order valence-electron chi connectivity index (χ2n) is 7.13. The Labute approximate surface area is 201 Å². The van der Waals surface area contributed by atoms with Crippen molar-refractivity contribution in [1.82, 2.24) is 15.2 Å². The van der Waals surface area contributed by atoms with Gasteiger partial charge in [0.15, 0.2) is 11.4 Å². The number of nitrogens with zero attached hydrogens (tertiary/aromatic N) is 5. The van der Waals surface area contributed by atoms with Gasteiger partial charge in [0, 0.05) is 23.5 Å². The molecule has 2 aromatic carbocycles. The molecule has 2 aromatic heterocycles. The average Bonchev–Trinajstić information content (AvgIpc) is 2.91. The van der Waals surface area contributed by atoms with Crippen molar-refractivity contribution >= 4 is 28.9 Å². The first-order chi connectivity index (χ1) is 17.2. The highest BCUT2D eigenvalue weighted by Gasteiger charge is 2.13. The number of carbonyl (C=O) groups is 1. The molecular formula is C26H18N8O. The molecule has 4 rings (SSSR count). The van der Waals surface area contributed by atoms with Crippen LogP contribution in [0.5, 0.6) is 0 Å². The van der Waals surface area contributed by atoms with Gasteiger partial charge in [0.2, 0.25) is 0 Å². The van der Waals surface area contributed by atoms with Gasteiger partial charge in [0.25, 0.3) is 0 Å². The predicted octanol–water partition coefficient (Wildman–Crippen LogP) is 5.05. The van der Waals surface area contributed by atoms with Crippen molar-refractivity contribution in [3.63, 3.8) is 0 Å². The summed E-state index contributed by atoms with van der Waals surface area (Å²) in [6, 6.07) is 26.6. The minimum Gasteiger partial charge on any atom is -0.352 e. The third-order valence-corrected chi connectivity index (χ3v) is 4.85. The van der Waals surface area contributed by atoms with Crippen LogP contribution in [0.3, 0.4) is 0 Å². The number of nitrogens with one attached hydrogen (secondary N) is 3. The lowest BCUT2D eigenvalue weighted by molar-refractivity contribution is 0.262. The largest absolute Gasteiger partial charge is 0.352 e. The summed E-state index contributed by atoms with van der Waals surface area (Å²) in [5.41, 5.74) is 3.32. The highest BCUT2D eigenvalue weighted by atomic mass is 16.2. The van der Waals surface area contributed by atoms with E-state index in [9.17, 15) is 15.3 Å². The zero-order valence-electron chi connectivity index (χ0n) is 18.3. The minimum absolute atomic E-state index is 0.107. The molecule has 0 saturated carbocycles. The smallest absolute Gasteiger partial charge is 0.324 e. The summed E-state index contributed by atoms with van der Waals surface area (Å²) < 4.78 is 0. The highest BCUT2D eigenvalue weighted by molar-refractivity contribution is 6.02. The van der Waals surface area contributed by atoms with E-state index in [0.29, 0.717) is 28.3 Å². The van der Waals surface area contributed by atoms with E-state index in [4.69, 9.17) is 0 Å². The van der Waals surface area contributed by atoms with Gasteiger partial charge in [-0.05, 0) is 36.4 Å². The van der Waals surface area contributed by atoms with Crippen molar-refractivity contribution in [3.05, 3.63) is 102 Å². The lowest BCUT2D eigenvalue weighted by atomic mass is 10.1. The molecule has 0 aliphatic carbocycles. The Balaban J connectivity index is 1.51. The Kier molecular flexibility index (Phi) is 7.02. The van der Waals surface area contributed by atoms with Crippen molar-refractivity contribution in [2.24, 2.45) is 0 Å². The molecular weight excluding hydrogens is 440 g/mol. The summed E-state index contributed by atoms with van der Waals surface area (Å²) in [4.78, 5) is 16.6. The third kappa shape index (κ3) is 5.64. The highest BCUT2D eigenvalue weighted by Crippen LogP contribution is 2.27. The molecule has 4 aromatic rings. The summed E-state index contributed by atoms with van der Waals surface area (Å²) in [5.74, 6) is 0.279. The van der Waals surface area contributed by atoms with Gasteiger partial charge in [-0.2, -0.15) is 10.5 Å². The average molecular weight is 458 g/mol. The van der Waals surface area contributed by atoms with Gasteiger partial charge in [-0.3, -0.25) is 10.3 Å². The first-order valence-corrected chi connectivity index (χ1v) is 10.5. The molecule has 3 N–H and O–H groups in total. The molecule has 0 radical (unpaired) electrons. The second kappa shape index (κ2) is 10.9. The number of rotatable bonds is 6. The van der Waals surface area contributed by atoms with Crippen LogP contribution in [0, 0.1) is 22.7 Å². The third-order valence-electron chi connectivity index (χ3n) is 4.85. The molecule has 9 heteroatoms. The molecule has 0 fully saturated rings. The number of urea groups is 1. The Hall–Kier alpha value is -5.54. The Bertz CT molecular complexity index is 1420. The maximum Gasteiger partial charge on any atom is 0.324 e. The summed E-state index contributed by atoms with van der Waals surface area (Å²) in [5, 5.41) is 35.6. The van der Waals surface area contributed by atoms with Crippen molar-refractivity contribution in [1.29, 1.82) is 10.5 Å². The van der Waals surface area contributed by atoms with Gasteiger partial charge in [0.05, 0.1) is 22.8 Å². The van der Waals surface area contributed by atoms with Crippen LogP contribution >= 0.6 is 0 Å². The van der Waals surface area contributed by atoms with Crippen molar-refractivity contribution in [2.45, 2.75) is 0 Å². The van der Waals surface area contributed by atoms with Crippen LogP contribution in [0.1, 0.15) is 5.56 Å². The van der Waals surface area contributed by atoms with Crippen LogP contribution in [0.2, 0.25) is 0 Å². The van der Waals surface area contributed by atoms with Crippen molar-refractivity contribution in [2.75, 3.05) is 16.0 Å². The standard InChI is InChI=1S/C26H18N8O/c27-16-20(17-28)25(19-12-14-29-15-13-19)30-22-8-4-5-9-23(22)31-26(35)32-24-11-10-21(33-34-24)18-6-2-1-3-7-18/h1-15,30H,(H2,31,32,34,35). The number of hydrogen-bond acceptors (Lipinski definition) is 7. The number of benzene rings is 2. The van der Waals surface area contributed by atoms with Crippen LogP contribution in [-0.2, 0) is 0 Å². The summed E-state index contributed by atoms with van der Waals surface area (Å²) in [7, 11) is 0. The van der Waals surface area contributed by atoms with Crippen LogP contribution < -0.4 is 16.0 Å². The first-order valence-electron chi connectivity index (χ1n) is 10.5. The van der Waals surface area contributed by atoms with Gasteiger partial charge in [0.1, 0.15) is 12.1 Å². The fourth-order valence-electron chi connectivity index (χ4n) is 3.20. The fraction of sp³-hybridized carbons (Fsp3) is 0. The number of para-hydroxylation sites is 2. The molecule has 2 heterocycles. The lowest BCUT2D eigenvalue weighted by Crippen LogP contribution is -2.21. The van der Waals surface area contributed by atoms with Gasteiger partial charge in [-0.25, -0.2) is 4.79 Å². The van der Waals surface area contributed by atoms with Gasteiger partial charge >= 0.3 is 6.03 Å². The summed E-state index contributed by atoms with van der Waals surface area (Å²) in [6.45, 7) is 0. The van der Waals surface area contributed by atoms with E-state index in [1.165, 1.54) is 0 Å². The monoisotopic (exact) mass is 458 g/mol. The van der Waals surface area contributed by atoms with E-state index < -0.39 is 6.03 Å². The van der Waals surface area contributed by atoms with Crippen LogP contribution in [-0.4, -0.2) is 21.2 Å². The van der Waals surface area contributed by atoms with Crippen LogP contribution in [0.15, 0.2) is 96.8 Å². The molecule has 0 spiro atoms. The normalized spacial score (nSPS) is 9.77. The molecule has 0 unspecified atom stereocenters. The molecule has 0 atom stereocenters. The van der Waals surface area contributed by atoms with E-state index in [0.717, 1.165) is 5.56 Å². The molecule has 9 nitrogen and oxygen atoms in total. The Morgan fingerprint density at radius 3 is 2.00 bits per heavy atom. The van der Waals surface area contributed by atoms with Gasteiger partial charge < -0.3 is 10.6 Å². The Morgan fingerprint density at radius 2 is 1.37 bits per heavy atom. The van der Waals surface area contributed by atoms with Gasteiger partial charge in [-0.15, -0.1) is 10.2 Å². The zero-order chi connectivity index (χ0) is 24.5. The molecule has 35 heavy (non-hydrogen) atoms. The van der Waals surface area contributed by atoms with E-state index in [2.05, 4.69) is 31.1 Å². The number of anilines is 3. The predicted molar refractivity (Wildman–Crippen MR) is 133 cm³/mol. The quantitative estimate of drug-likeness (QED) is 0.343.